The van der Waals surface area contributed by atoms with Crippen molar-refractivity contribution in [2.75, 3.05) is 13.6 Å². The molecule has 0 aliphatic rings. The number of aromatic hydroxyl groups is 1. The van der Waals surface area contributed by atoms with Crippen LogP contribution < -0.4 is 5.43 Å². The Morgan fingerprint density at radius 3 is 2.39 bits per heavy atom. The van der Waals surface area contributed by atoms with Crippen molar-refractivity contribution in [3.05, 3.63) is 28.2 Å². The van der Waals surface area contributed by atoms with Gasteiger partial charge in [-0.2, -0.15) is 0 Å². The van der Waals surface area contributed by atoms with Crippen molar-refractivity contribution in [1.29, 1.82) is 0 Å². The second-order valence-corrected chi connectivity index (χ2v) is 5.97. The highest BCUT2D eigenvalue weighted by Gasteiger charge is 2.24. The Morgan fingerprint density at radius 1 is 1.30 bits per heavy atom. The molecule has 0 aromatic carbocycles. The highest BCUT2D eigenvalue weighted by atomic mass is 16.4. The van der Waals surface area contributed by atoms with Crippen LogP contribution in [0.3, 0.4) is 0 Å². The first-order chi connectivity index (χ1) is 10.6. The fourth-order valence-electron chi connectivity index (χ4n) is 2.34. The summed E-state index contributed by atoms with van der Waals surface area (Å²) in [7, 11) is 1.55. The second kappa shape index (κ2) is 7.77. The summed E-state index contributed by atoms with van der Waals surface area (Å²) in [6.45, 7) is 3.56. The predicted octanol–water partition coefficient (Wildman–Crippen LogP) is 0.742. The molecule has 0 fully saturated rings. The number of aromatic nitrogens is 1. The van der Waals surface area contributed by atoms with Gasteiger partial charge in [0.1, 0.15) is 6.04 Å². The van der Waals surface area contributed by atoms with E-state index in [2.05, 4.69) is 0 Å². The lowest BCUT2D eigenvalue weighted by Gasteiger charge is -2.24. The monoisotopic (exact) mass is 326 g/mol. The molecule has 1 rings (SSSR count). The largest absolute Gasteiger partial charge is 0.503 e. The quantitative estimate of drug-likeness (QED) is 0.644. The van der Waals surface area contributed by atoms with Crippen LogP contribution in [0, 0.1) is 5.92 Å². The maximum atomic E-state index is 11.7. The molecule has 0 aliphatic heterocycles. The maximum Gasteiger partial charge on any atom is 0.326 e. The molecule has 0 saturated carbocycles. The maximum absolute atomic E-state index is 11.7. The van der Waals surface area contributed by atoms with Crippen LogP contribution in [0.1, 0.15) is 32.0 Å². The van der Waals surface area contributed by atoms with Crippen molar-refractivity contribution in [2.24, 2.45) is 5.92 Å². The van der Waals surface area contributed by atoms with Gasteiger partial charge in [-0.05, 0) is 19.4 Å². The van der Waals surface area contributed by atoms with Crippen LogP contribution in [0.4, 0.5) is 0 Å². The minimum atomic E-state index is -1.08. The normalized spacial score (nSPS) is 12.6. The van der Waals surface area contributed by atoms with Gasteiger partial charge in [0.15, 0.2) is 5.75 Å². The molecule has 1 heterocycles. The van der Waals surface area contributed by atoms with Crippen molar-refractivity contribution in [3.63, 3.8) is 0 Å². The van der Waals surface area contributed by atoms with E-state index in [4.69, 9.17) is 5.11 Å². The van der Waals surface area contributed by atoms with Crippen LogP contribution in [0.2, 0.25) is 0 Å². The summed E-state index contributed by atoms with van der Waals surface area (Å²) in [4.78, 5) is 35.4. The van der Waals surface area contributed by atoms with Crippen molar-refractivity contribution < 1.29 is 24.9 Å². The van der Waals surface area contributed by atoms with Crippen LogP contribution in [0.25, 0.3) is 0 Å². The molecule has 1 aromatic rings. The topological polar surface area (TPSA) is 120 Å². The Bertz CT molecular complexity index is 637. The molecule has 0 radical (unpaired) electrons. The number of hydrogen-bond donors (Lipinski definition) is 3. The number of pyridine rings is 1. The van der Waals surface area contributed by atoms with Gasteiger partial charge < -0.3 is 19.9 Å². The van der Waals surface area contributed by atoms with Gasteiger partial charge in [0.05, 0.1) is 12.7 Å². The van der Waals surface area contributed by atoms with Crippen LogP contribution >= 0.6 is 0 Å². The third kappa shape index (κ3) is 5.41. The van der Waals surface area contributed by atoms with Crippen molar-refractivity contribution in [3.8, 4) is 5.75 Å². The lowest BCUT2D eigenvalue weighted by molar-refractivity contribution is -0.142. The standard InChI is InChI=1S/C15H22N2O6/c1-9(2)4-11(15(22)23)17-7-13(19)12(18)5-10(17)6-16(3)8-14(20)21/h5,7,9,11,19H,4,6,8H2,1-3H3,(H,20,21)(H,22,23). The number of hydrogen-bond acceptors (Lipinski definition) is 5. The molecule has 23 heavy (non-hydrogen) atoms. The number of nitrogens with zero attached hydrogens (tertiary/aromatic N) is 2. The third-order valence-corrected chi connectivity index (χ3v) is 3.30. The number of likely N-dealkylation sites (N-methyl/N-ethyl adjacent to an activating group) is 1. The number of aliphatic carboxylic acids is 2. The molecule has 0 aliphatic carbocycles. The molecule has 0 amide bonds. The fourth-order valence-corrected chi connectivity index (χ4v) is 2.34. The SMILES string of the molecule is CC(C)CC(C(=O)O)n1cc(O)c(=O)cc1CN(C)CC(=O)O. The van der Waals surface area contributed by atoms with Gasteiger partial charge in [-0.25, -0.2) is 4.79 Å². The van der Waals surface area contributed by atoms with Gasteiger partial charge in [-0.15, -0.1) is 0 Å². The van der Waals surface area contributed by atoms with Crippen molar-refractivity contribution in [1.82, 2.24) is 9.47 Å². The van der Waals surface area contributed by atoms with E-state index in [9.17, 15) is 24.6 Å². The number of carboxylic acids is 2. The lowest BCUT2D eigenvalue weighted by atomic mass is 10.0. The number of carboxylic acid groups (broad SMARTS) is 2. The zero-order valence-electron chi connectivity index (χ0n) is 13.4. The van der Waals surface area contributed by atoms with E-state index in [1.807, 2.05) is 13.8 Å². The minimum Gasteiger partial charge on any atom is -0.503 e. The summed E-state index contributed by atoms with van der Waals surface area (Å²) in [6, 6.07) is 0.193. The van der Waals surface area contributed by atoms with Crippen LogP contribution in [-0.4, -0.2) is 50.3 Å². The van der Waals surface area contributed by atoms with Gasteiger partial charge in [-0.3, -0.25) is 14.5 Å². The molecule has 0 spiro atoms. The van der Waals surface area contributed by atoms with Crippen LogP contribution in [0.15, 0.2) is 17.1 Å². The van der Waals surface area contributed by atoms with E-state index < -0.39 is 29.2 Å². The molecule has 1 atom stereocenters. The van der Waals surface area contributed by atoms with E-state index in [1.165, 1.54) is 9.47 Å². The Morgan fingerprint density at radius 2 is 1.91 bits per heavy atom. The van der Waals surface area contributed by atoms with Gasteiger partial charge in [-0.1, -0.05) is 13.8 Å². The highest BCUT2D eigenvalue weighted by Crippen LogP contribution is 2.22. The van der Waals surface area contributed by atoms with E-state index in [0.717, 1.165) is 12.3 Å². The molecule has 8 heteroatoms. The summed E-state index contributed by atoms with van der Waals surface area (Å²) in [5.41, 5.74) is -0.293. The molecule has 8 nitrogen and oxygen atoms in total. The zero-order chi connectivity index (χ0) is 17.7. The fraction of sp³-hybridized carbons (Fsp3) is 0.533. The summed E-state index contributed by atoms with van der Waals surface area (Å²) >= 11 is 0. The van der Waals surface area contributed by atoms with E-state index in [1.54, 1.807) is 7.05 Å². The molecule has 1 aromatic heterocycles. The third-order valence-electron chi connectivity index (χ3n) is 3.30. The molecule has 128 valence electrons. The van der Waals surface area contributed by atoms with Crippen LogP contribution in [-0.2, 0) is 16.1 Å². The van der Waals surface area contributed by atoms with Gasteiger partial charge in [0, 0.05) is 18.3 Å². The molecular formula is C15H22N2O6. The Hall–Kier alpha value is -2.35. The van der Waals surface area contributed by atoms with Crippen molar-refractivity contribution >= 4 is 11.9 Å². The first kappa shape index (κ1) is 18.7. The Balaban J connectivity index is 3.27. The van der Waals surface area contributed by atoms with E-state index in [0.29, 0.717) is 12.1 Å². The second-order valence-electron chi connectivity index (χ2n) is 5.97. The Kier molecular flexibility index (Phi) is 6.32. The van der Waals surface area contributed by atoms with Gasteiger partial charge >= 0.3 is 11.9 Å². The summed E-state index contributed by atoms with van der Waals surface area (Å²) < 4.78 is 1.33. The predicted molar refractivity (Wildman–Crippen MR) is 82.5 cm³/mol. The van der Waals surface area contributed by atoms with Crippen LogP contribution in [0.5, 0.6) is 5.75 Å². The van der Waals surface area contributed by atoms with Crippen molar-refractivity contribution in [2.45, 2.75) is 32.9 Å². The Labute approximate surface area is 133 Å². The summed E-state index contributed by atoms with van der Waals surface area (Å²) in [5.74, 6) is -2.56. The lowest BCUT2D eigenvalue weighted by Crippen LogP contribution is -2.30. The molecule has 0 saturated heterocycles. The summed E-state index contributed by atoms with van der Waals surface area (Å²) in [6.07, 6.45) is 1.42. The molecular weight excluding hydrogens is 304 g/mol. The zero-order valence-corrected chi connectivity index (χ0v) is 13.4. The first-order valence-electron chi connectivity index (χ1n) is 7.19. The smallest absolute Gasteiger partial charge is 0.326 e. The average Bonchev–Trinajstić information content (AvgIpc) is 2.38. The molecule has 0 bridgehead atoms. The number of rotatable bonds is 8. The number of carbonyl (C=O) groups is 2. The van der Waals surface area contributed by atoms with Gasteiger partial charge in [0.2, 0.25) is 5.43 Å². The molecule has 3 N–H and O–H groups in total. The molecule has 1 unspecified atom stereocenters. The van der Waals surface area contributed by atoms with E-state index >= 15 is 0 Å². The minimum absolute atomic E-state index is 0.0731. The summed E-state index contributed by atoms with van der Waals surface area (Å²) in [5, 5.41) is 27.9. The first-order valence-corrected chi connectivity index (χ1v) is 7.19. The average molecular weight is 326 g/mol. The highest BCUT2D eigenvalue weighted by molar-refractivity contribution is 5.72. The van der Waals surface area contributed by atoms with Gasteiger partial charge in [0.25, 0.3) is 0 Å². The van der Waals surface area contributed by atoms with E-state index in [-0.39, 0.29) is 19.0 Å².